The zero-order valence-electron chi connectivity index (χ0n) is 23.7. The number of pyridine rings is 1. The van der Waals surface area contributed by atoms with Gasteiger partial charge in [-0.05, 0) is 59.7 Å². The molecule has 1 saturated heterocycles. The van der Waals surface area contributed by atoms with Crippen molar-refractivity contribution >= 4 is 34.2 Å². The highest BCUT2D eigenvalue weighted by Gasteiger charge is 2.38. The topological polar surface area (TPSA) is 109 Å². The van der Waals surface area contributed by atoms with E-state index in [1.54, 1.807) is 23.6 Å². The number of carboxylic acids is 1. The van der Waals surface area contributed by atoms with Crippen molar-refractivity contribution < 1.29 is 36.2 Å². The van der Waals surface area contributed by atoms with Crippen LogP contribution >= 0.6 is 11.3 Å². The van der Waals surface area contributed by atoms with Gasteiger partial charge in [0.1, 0.15) is 17.7 Å². The molecule has 1 aliphatic rings. The van der Waals surface area contributed by atoms with Crippen LogP contribution in [-0.4, -0.2) is 63.3 Å². The summed E-state index contributed by atoms with van der Waals surface area (Å²) in [4.78, 5) is 27.5. The molecular formula is C31H24F6N6O2S. The van der Waals surface area contributed by atoms with Crippen LogP contribution in [0.15, 0.2) is 72.9 Å². The van der Waals surface area contributed by atoms with Gasteiger partial charge in [0.2, 0.25) is 0 Å². The average molecular weight is 659 g/mol. The van der Waals surface area contributed by atoms with Gasteiger partial charge in [-0.15, -0.1) is 11.3 Å². The van der Waals surface area contributed by atoms with Crippen molar-refractivity contribution in [2.24, 2.45) is 0 Å². The van der Waals surface area contributed by atoms with Crippen LogP contribution in [0, 0.1) is 11.3 Å². The van der Waals surface area contributed by atoms with E-state index in [4.69, 9.17) is 15.2 Å². The number of fused-ring (bicyclic) bond motifs is 1. The molecule has 15 heteroatoms. The molecule has 8 nitrogen and oxygen atoms in total. The van der Waals surface area contributed by atoms with E-state index in [0.717, 1.165) is 66.0 Å². The Hall–Kier alpha value is -4.94. The van der Waals surface area contributed by atoms with Gasteiger partial charge >= 0.3 is 18.3 Å². The maximum absolute atomic E-state index is 13.1. The highest BCUT2D eigenvalue weighted by molar-refractivity contribution is 7.18. The number of carboxylic acid groups (broad SMARTS) is 1. The first-order valence-corrected chi connectivity index (χ1v) is 14.5. The molecule has 238 valence electrons. The lowest BCUT2D eigenvalue weighted by atomic mass is 10.1. The quantitative estimate of drug-likeness (QED) is 0.192. The second kappa shape index (κ2) is 13.2. The van der Waals surface area contributed by atoms with Gasteiger partial charge in [-0.25, -0.2) is 14.8 Å². The number of benzene rings is 2. The number of halogens is 6. The molecule has 3 aromatic heterocycles. The predicted octanol–water partition coefficient (Wildman–Crippen LogP) is 7.20. The molecule has 2 N–H and O–H groups in total. The van der Waals surface area contributed by atoms with E-state index >= 15 is 0 Å². The molecule has 46 heavy (non-hydrogen) atoms. The summed E-state index contributed by atoms with van der Waals surface area (Å²) in [5.74, 6) is -1.30. The lowest BCUT2D eigenvalue weighted by Crippen LogP contribution is -2.46. The van der Waals surface area contributed by atoms with Gasteiger partial charge in [0, 0.05) is 43.8 Å². The number of hydrogen-bond donors (Lipinski definition) is 2. The number of carbonyl (C=O) groups is 1. The van der Waals surface area contributed by atoms with Crippen LogP contribution < -0.4 is 4.90 Å². The van der Waals surface area contributed by atoms with Crippen molar-refractivity contribution in [1.82, 2.24) is 19.9 Å². The Kier molecular flexibility index (Phi) is 9.31. The van der Waals surface area contributed by atoms with Crippen LogP contribution in [-0.2, 0) is 17.5 Å². The van der Waals surface area contributed by atoms with Gasteiger partial charge in [0.05, 0.1) is 27.0 Å². The lowest BCUT2D eigenvalue weighted by molar-refractivity contribution is -0.192. The van der Waals surface area contributed by atoms with Gasteiger partial charge in [-0.2, -0.15) is 31.6 Å². The molecule has 0 unspecified atom stereocenters. The second-order valence-corrected chi connectivity index (χ2v) is 11.3. The summed E-state index contributed by atoms with van der Waals surface area (Å²) < 4.78 is 71.0. The molecule has 0 bridgehead atoms. The number of nitrogens with one attached hydrogen (secondary N) is 1. The van der Waals surface area contributed by atoms with Crippen LogP contribution in [0.4, 0.5) is 32.2 Å². The Labute approximate surface area is 262 Å². The number of thiophene rings is 1. The third-order valence-corrected chi connectivity index (χ3v) is 8.22. The molecule has 6 rings (SSSR count). The molecule has 1 fully saturated rings. The van der Waals surface area contributed by atoms with Crippen LogP contribution in [0.1, 0.15) is 16.7 Å². The molecule has 0 saturated carbocycles. The number of anilines is 1. The lowest BCUT2D eigenvalue weighted by Gasteiger charge is -2.35. The van der Waals surface area contributed by atoms with Crippen molar-refractivity contribution in [3.63, 3.8) is 0 Å². The summed E-state index contributed by atoms with van der Waals surface area (Å²) in [5, 5.41) is 16.1. The molecule has 0 spiro atoms. The van der Waals surface area contributed by atoms with Crippen molar-refractivity contribution in [3.05, 3.63) is 89.6 Å². The maximum atomic E-state index is 13.1. The van der Waals surface area contributed by atoms with Gasteiger partial charge < -0.3 is 15.0 Å². The minimum Gasteiger partial charge on any atom is -0.475 e. The molecule has 0 atom stereocenters. The zero-order chi connectivity index (χ0) is 33.1. The first-order chi connectivity index (χ1) is 21.8. The Morgan fingerprint density at radius 3 is 2.30 bits per heavy atom. The number of piperazine rings is 1. The third-order valence-electron chi connectivity index (χ3n) is 7.08. The summed E-state index contributed by atoms with van der Waals surface area (Å²) in [7, 11) is 0. The number of aromatic nitrogens is 3. The van der Waals surface area contributed by atoms with Crippen LogP contribution in [0.5, 0.6) is 0 Å². The summed E-state index contributed by atoms with van der Waals surface area (Å²) in [6.45, 7) is 4.41. The van der Waals surface area contributed by atoms with Gasteiger partial charge in [-0.3, -0.25) is 4.90 Å². The number of hydrogen-bond acceptors (Lipinski definition) is 7. The molecule has 4 heterocycles. The smallest absolute Gasteiger partial charge is 0.475 e. The fourth-order valence-electron chi connectivity index (χ4n) is 4.78. The maximum Gasteiger partial charge on any atom is 0.490 e. The largest absolute Gasteiger partial charge is 0.490 e. The number of rotatable bonds is 5. The first-order valence-electron chi connectivity index (χ1n) is 13.7. The number of nitriles is 1. The number of imidazole rings is 1. The van der Waals surface area contributed by atoms with Gasteiger partial charge in [-0.1, -0.05) is 18.2 Å². The molecule has 5 aromatic rings. The molecular weight excluding hydrogens is 634 g/mol. The number of alkyl halides is 6. The highest BCUT2D eigenvalue weighted by Crippen LogP contribution is 2.36. The minimum atomic E-state index is -5.08. The van der Waals surface area contributed by atoms with Crippen molar-refractivity contribution in [3.8, 4) is 27.2 Å². The zero-order valence-corrected chi connectivity index (χ0v) is 24.5. The number of aliphatic carboxylic acids is 1. The van der Waals surface area contributed by atoms with E-state index < -0.39 is 23.9 Å². The normalized spacial score (nSPS) is 14.1. The minimum absolute atomic E-state index is 0.367. The number of H-pyrrole nitrogens is 1. The number of nitrogens with zero attached hydrogens (tertiary/aromatic N) is 5. The van der Waals surface area contributed by atoms with E-state index in [9.17, 15) is 26.3 Å². The third kappa shape index (κ3) is 7.82. The van der Waals surface area contributed by atoms with E-state index in [1.165, 1.54) is 11.6 Å². The van der Waals surface area contributed by atoms with Crippen molar-refractivity contribution in [2.75, 3.05) is 31.1 Å². The van der Waals surface area contributed by atoms with Crippen LogP contribution in [0.3, 0.4) is 0 Å². The van der Waals surface area contributed by atoms with Crippen LogP contribution in [0.25, 0.3) is 32.2 Å². The Morgan fingerprint density at radius 1 is 0.957 bits per heavy atom. The first kappa shape index (κ1) is 32.5. The number of aromatic amines is 1. The fourth-order valence-corrected chi connectivity index (χ4v) is 5.73. The summed E-state index contributed by atoms with van der Waals surface area (Å²) in [6.07, 6.45) is -7.86. The average Bonchev–Trinajstić information content (AvgIpc) is 3.69. The van der Waals surface area contributed by atoms with Gasteiger partial charge in [0.15, 0.2) is 0 Å². The van der Waals surface area contributed by atoms with Crippen molar-refractivity contribution in [1.29, 1.82) is 5.26 Å². The van der Waals surface area contributed by atoms with Crippen molar-refractivity contribution in [2.45, 2.75) is 18.9 Å². The monoisotopic (exact) mass is 658 g/mol. The second-order valence-electron chi connectivity index (χ2n) is 10.3. The van der Waals surface area contributed by atoms with Gasteiger partial charge in [0.25, 0.3) is 0 Å². The molecule has 2 aromatic carbocycles. The summed E-state index contributed by atoms with van der Waals surface area (Å²) >= 11 is 1.56. The Bertz CT molecular complexity index is 1870. The predicted molar refractivity (Wildman–Crippen MR) is 160 cm³/mol. The van der Waals surface area contributed by atoms with E-state index in [2.05, 4.69) is 55.1 Å². The van der Waals surface area contributed by atoms with E-state index in [-0.39, 0.29) is 0 Å². The van der Waals surface area contributed by atoms with Crippen LogP contribution in [0.2, 0.25) is 0 Å². The van der Waals surface area contributed by atoms with E-state index in [0.29, 0.717) is 22.4 Å². The standard InChI is InChI=1S/C29H23F3N6S.C2HF3O2/c30-29(31,32)22-5-6-23-24(15-22)36-28(35-23)26-8-7-25(39-26)21-3-1-2-19(14-21)18-37-10-12-38(13-11-37)27-9-4-20(16-33)17-34-27;3-2(4,5)1(6)7/h1-9,14-15,17H,10-13,18H2,(H,35,36);(H,6,7). The molecule has 0 amide bonds. The molecule has 0 aliphatic carbocycles. The summed E-state index contributed by atoms with van der Waals surface area (Å²) in [5.41, 5.74) is 3.06. The SMILES string of the molecule is N#Cc1ccc(N2CCN(Cc3cccc(-c4ccc(-c5nc6ccc(C(F)(F)F)cc6[nH]5)s4)c3)CC2)nc1.O=C(O)C(F)(F)F. The molecule has 1 aliphatic heterocycles. The Morgan fingerprint density at radius 2 is 1.67 bits per heavy atom. The van der Waals surface area contributed by atoms with E-state index in [1.807, 2.05) is 18.2 Å². The Balaban J connectivity index is 0.000000537. The molecule has 0 radical (unpaired) electrons. The summed E-state index contributed by atoms with van der Waals surface area (Å²) in [6, 6.07) is 21.8. The highest BCUT2D eigenvalue weighted by atomic mass is 32.1. The fraction of sp³-hybridized carbons (Fsp3) is 0.226.